The van der Waals surface area contributed by atoms with E-state index in [0.717, 1.165) is 17.8 Å². The molecule has 0 aromatic carbocycles. The Bertz CT molecular complexity index is 583. The molecule has 7 nitrogen and oxygen atoms in total. The molecule has 0 bridgehead atoms. The van der Waals surface area contributed by atoms with E-state index in [0.29, 0.717) is 11.5 Å². The van der Waals surface area contributed by atoms with Crippen LogP contribution in [0, 0.1) is 0 Å². The monoisotopic (exact) mass is 262 g/mol. The van der Waals surface area contributed by atoms with Gasteiger partial charge in [0.05, 0.1) is 11.4 Å². The van der Waals surface area contributed by atoms with Crippen molar-refractivity contribution in [3.63, 3.8) is 0 Å². The van der Waals surface area contributed by atoms with Gasteiger partial charge in [-0.15, -0.1) is 0 Å². The molecule has 102 valence electrons. The number of nitrogen functional groups attached to an aromatic ring is 1. The number of anilines is 2. The third kappa shape index (κ3) is 2.59. The number of nitrogens with zero attached hydrogens (tertiary/aromatic N) is 2. The van der Waals surface area contributed by atoms with Crippen molar-refractivity contribution in [3.05, 3.63) is 23.1 Å². The SMILES string of the molecule is CCc1cc(NC(=O)c2n[nH]c(C(C)C)c2N)n[nH]1. The Labute approximate surface area is 111 Å². The van der Waals surface area contributed by atoms with Crippen LogP contribution in [0.25, 0.3) is 0 Å². The summed E-state index contributed by atoms with van der Waals surface area (Å²) in [6, 6.07) is 1.78. The van der Waals surface area contributed by atoms with Gasteiger partial charge in [-0.3, -0.25) is 15.0 Å². The van der Waals surface area contributed by atoms with Crippen LogP contribution < -0.4 is 11.1 Å². The van der Waals surface area contributed by atoms with Crippen molar-refractivity contribution in [2.24, 2.45) is 0 Å². The molecular weight excluding hydrogens is 244 g/mol. The largest absolute Gasteiger partial charge is 0.395 e. The van der Waals surface area contributed by atoms with Gasteiger partial charge in [0.1, 0.15) is 0 Å². The molecule has 2 aromatic heterocycles. The van der Waals surface area contributed by atoms with Crippen LogP contribution in [0.4, 0.5) is 11.5 Å². The third-order valence-corrected chi connectivity index (χ3v) is 2.88. The van der Waals surface area contributed by atoms with Gasteiger partial charge in [0, 0.05) is 11.8 Å². The lowest BCUT2D eigenvalue weighted by molar-refractivity contribution is 0.102. The van der Waals surface area contributed by atoms with Crippen molar-refractivity contribution in [2.75, 3.05) is 11.1 Å². The van der Waals surface area contributed by atoms with Gasteiger partial charge in [0.15, 0.2) is 11.5 Å². The summed E-state index contributed by atoms with van der Waals surface area (Å²) in [7, 11) is 0. The number of carbonyl (C=O) groups is 1. The highest BCUT2D eigenvalue weighted by molar-refractivity contribution is 6.06. The van der Waals surface area contributed by atoms with Crippen LogP contribution in [0.5, 0.6) is 0 Å². The minimum atomic E-state index is -0.366. The highest BCUT2D eigenvalue weighted by Crippen LogP contribution is 2.22. The molecule has 2 aromatic rings. The van der Waals surface area contributed by atoms with Crippen LogP contribution in [-0.2, 0) is 6.42 Å². The van der Waals surface area contributed by atoms with E-state index in [1.807, 2.05) is 20.8 Å². The normalized spacial score (nSPS) is 10.9. The number of H-pyrrole nitrogens is 2. The first-order valence-electron chi connectivity index (χ1n) is 6.22. The standard InChI is InChI=1S/C12H18N6O/c1-4-7-5-8(16-15-7)14-12(19)11-9(13)10(6(2)3)17-18-11/h5-6H,4,13H2,1-3H3,(H,17,18)(H2,14,15,16,19). The number of aromatic amines is 2. The molecule has 0 spiro atoms. The maximum absolute atomic E-state index is 12.0. The summed E-state index contributed by atoms with van der Waals surface area (Å²) in [5.41, 5.74) is 8.21. The van der Waals surface area contributed by atoms with E-state index < -0.39 is 0 Å². The molecule has 0 aliphatic heterocycles. The molecular formula is C12H18N6O. The van der Waals surface area contributed by atoms with Crippen LogP contribution in [-0.4, -0.2) is 26.3 Å². The van der Waals surface area contributed by atoms with Crippen molar-refractivity contribution in [1.82, 2.24) is 20.4 Å². The van der Waals surface area contributed by atoms with E-state index in [9.17, 15) is 4.79 Å². The predicted octanol–water partition coefficient (Wildman–Crippen LogP) is 1.65. The summed E-state index contributed by atoms with van der Waals surface area (Å²) < 4.78 is 0. The predicted molar refractivity (Wildman–Crippen MR) is 73.0 cm³/mol. The molecule has 19 heavy (non-hydrogen) atoms. The molecule has 0 saturated carbocycles. The van der Waals surface area contributed by atoms with Gasteiger partial charge < -0.3 is 11.1 Å². The van der Waals surface area contributed by atoms with Crippen molar-refractivity contribution in [1.29, 1.82) is 0 Å². The first-order valence-corrected chi connectivity index (χ1v) is 6.22. The molecule has 0 atom stereocenters. The molecule has 2 rings (SSSR count). The quantitative estimate of drug-likeness (QED) is 0.671. The molecule has 7 heteroatoms. The van der Waals surface area contributed by atoms with Gasteiger partial charge in [-0.05, 0) is 12.3 Å². The smallest absolute Gasteiger partial charge is 0.279 e. The fourth-order valence-corrected chi connectivity index (χ4v) is 1.76. The second-order valence-corrected chi connectivity index (χ2v) is 4.64. The minimum absolute atomic E-state index is 0.186. The zero-order chi connectivity index (χ0) is 14.0. The fraction of sp³-hybridized carbons (Fsp3) is 0.417. The molecule has 0 saturated heterocycles. The highest BCUT2D eigenvalue weighted by Gasteiger charge is 2.19. The number of amides is 1. The van der Waals surface area contributed by atoms with E-state index in [-0.39, 0.29) is 17.5 Å². The van der Waals surface area contributed by atoms with Gasteiger partial charge in [0.2, 0.25) is 0 Å². The Morgan fingerprint density at radius 3 is 2.68 bits per heavy atom. The summed E-state index contributed by atoms with van der Waals surface area (Å²) in [4.78, 5) is 12.0. The van der Waals surface area contributed by atoms with E-state index in [2.05, 4.69) is 25.7 Å². The zero-order valence-corrected chi connectivity index (χ0v) is 11.2. The van der Waals surface area contributed by atoms with Crippen LogP contribution in [0.1, 0.15) is 48.6 Å². The second-order valence-electron chi connectivity index (χ2n) is 4.64. The highest BCUT2D eigenvalue weighted by atomic mass is 16.2. The average molecular weight is 262 g/mol. The molecule has 0 unspecified atom stereocenters. The number of carbonyl (C=O) groups excluding carboxylic acids is 1. The van der Waals surface area contributed by atoms with E-state index in [1.54, 1.807) is 6.07 Å². The summed E-state index contributed by atoms with van der Waals surface area (Å²) in [5, 5.41) is 16.2. The molecule has 0 radical (unpaired) electrons. The van der Waals surface area contributed by atoms with Crippen LogP contribution in [0.3, 0.4) is 0 Å². The number of rotatable bonds is 4. The average Bonchev–Trinajstić information content (AvgIpc) is 2.95. The number of hydrogen-bond acceptors (Lipinski definition) is 4. The summed E-state index contributed by atoms with van der Waals surface area (Å²) in [6.07, 6.45) is 0.824. The molecule has 1 amide bonds. The molecule has 0 fully saturated rings. The van der Waals surface area contributed by atoms with Crippen molar-refractivity contribution in [3.8, 4) is 0 Å². The topological polar surface area (TPSA) is 112 Å². The van der Waals surface area contributed by atoms with Crippen molar-refractivity contribution in [2.45, 2.75) is 33.1 Å². The first-order chi connectivity index (χ1) is 9.02. The number of aryl methyl sites for hydroxylation is 1. The number of aromatic nitrogens is 4. The number of nitrogens with two attached hydrogens (primary N) is 1. The van der Waals surface area contributed by atoms with E-state index in [4.69, 9.17) is 5.73 Å². The second kappa shape index (κ2) is 5.13. The number of nitrogens with one attached hydrogen (secondary N) is 3. The lowest BCUT2D eigenvalue weighted by Gasteiger charge is -2.02. The minimum Gasteiger partial charge on any atom is -0.395 e. The van der Waals surface area contributed by atoms with Gasteiger partial charge in [-0.25, -0.2) is 0 Å². The van der Waals surface area contributed by atoms with Gasteiger partial charge in [-0.2, -0.15) is 10.2 Å². The Balaban J connectivity index is 2.16. The van der Waals surface area contributed by atoms with Crippen LogP contribution >= 0.6 is 0 Å². The maximum atomic E-state index is 12.0. The molecule has 2 heterocycles. The first kappa shape index (κ1) is 13.1. The molecule has 0 aliphatic rings. The van der Waals surface area contributed by atoms with Crippen LogP contribution in [0.15, 0.2) is 6.07 Å². The van der Waals surface area contributed by atoms with Crippen molar-refractivity contribution < 1.29 is 4.79 Å². The van der Waals surface area contributed by atoms with Gasteiger partial charge in [0.25, 0.3) is 5.91 Å². The van der Waals surface area contributed by atoms with Gasteiger partial charge in [-0.1, -0.05) is 20.8 Å². The summed E-state index contributed by atoms with van der Waals surface area (Å²) >= 11 is 0. The summed E-state index contributed by atoms with van der Waals surface area (Å²) in [5.74, 6) is 0.288. The Kier molecular flexibility index (Phi) is 3.55. The van der Waals surface area contributed by atoms with Crippen LogP contribution in [0.2, 0.25) is 0 Å². The van der Waals surface area contributed by atoms with Gasteiger partial charge >= 0.3 is 0 Å². The van der Waals surface area contributed by atoms with E-state index >= 15 is 0 Å². The van der Waals surface area contributed by atoms with E-state index in [1.165, 1.54) is 0 Å². The summed E-state index contributed by atoms with van der Waals surface area (Å²) in [6.45, 7) is 5.96. The zero-order valence-electron chi connectivity index (χ0n) is 11.2. The fourth-order valence-electron chi connectivity index (χ4n) is 1.76. The third-order valence-electron chi connectivity index (χ3n) is 2.88. The molecule has 5 N–H and O–H groups in total. The molecule has 0 aliphatic carbocycles. The Morgan fingerprint density at radius 1 is 1.42 bits per heavy atom. The lowest BCUT2D eigenvalue weighted by atomic mass is 10.1. The van der Waals surface area contributed by atoms with Crippen molar-refractivity contribution >= 4 is 17.4 Å². The maximum Gasteiger partial charge on any atom is 0.279 e. The lowest BCUT2D eigenvalue weighted by Crippen LogP contribution is -2.14. The number of hydrogen-bond donors (Lipinski definition) is 4. The Hall–Kier alpha value is -2.31. The Morgan fingerprint density at radius 2 is 2.16 bits per heavy atom.